The molecule has 0 aromatic heterocycles. The van der Waals surface area contributed by atoms with Crippen LogP contribution in [0.2, 0.25) is 0 Å². The number of rotatable bonds is 4. The van der Waals surface area contributed by atoms with Crippen molar-refractivity contribution in [1.82, 2.24) is 10.2 Å². The second kappa shape index (κ2) is 5.77. The number of carbonyl (C=O) groups is 3. The van der Waals surface area contributed by atoms with Gasteiger partial charge in [-0.05, 0) is 13.3 Å². The molecule has 2 unspecified atom stereocenters. The summed E-state index contributed by atoms with van der Waals surface area (Å²) in [4.78, 5) is 35.8. The number of imide groups is 1. The normalized spacial score (nSPS) is 22.3. The zero-order chi connectivity index (χ0) is 13.0. The van der Waals surface area contributed by atoms with Crippen LogP contribution in [0.3, 0.4) is 0 Å². The van der Waals surface area contributed by atoms with Crippen LogP contribution in [0, 0.1) is 0 Å². The molecule has 1 rings (SSSR count). The molecule has 0 aromatic carbocycles. The summed E-state index contributed by atoms with van der Waals surface area (Å²) >= 11 is 0. The first-order chi connectivity index (χ1) is 7.97. The fraction of sp³-hybridized carbons (Fsp3) is 0.727. The molecular weight excluding hydrogens is 222 g/mol. The minimum absolute atomic E-state index is 0.0917. The highest BCUT2D eigenvalue weighted by atomic mass is 16.2. The van der Waals surface area contributed by atoms with Gasteiger partial charge in [0.15, 0.2) is 0 Å². The Morgan fingerprint density at radius 3 is 2.82 bits per heavy atom. The molecule has 0 bridgehead atoms. The number of carbonyl (C=O) groups excluding carboxylic acids is 3. The molecule has 17 heavy (non-hydrogen) atoms. The van der Waals surface area contributed by atoms with Crippen LogP contribution in [-0.2, 0) is 14.4 Å². The lowest BCUT2D eigenvalue weighted by Gasteiger charge is -2.33. The van der Waals surface area contributed by atoms with Crippen LogP contribution in [0.1, 0.15) is 33.1 Å². The van der Waals surface area contributed by atoms with Gasteiger partial charge in [0.05, 0.1) is 6.04 Å². The molecule has 3 N–H and O–H groups in total. The van der Waals surface area contributed by atoms with Crippen LogP contribution >= 0.6 is 0 Å². The SMILES string of the molecule is CCCCC(N)C(=O)N1CC(=O)NC(=O)C1C. The number of amides is 3. The summed E-state index contributed by atoms with van der Waals surface area (Å²) in [7, 11) is 0. The van der Waals surface area contributed by atoms with Crippen LogP contribution in [0.4, 0.5) is 0 Å². The summed E-state index contributed by atoms with van der Waals surface area (Å²) in [5.41, 5.74) is 5.75. The van der Waals surface area contributed by atoms with Crippen LogP contribution in [0.5, 0.6) is 0 Å². The Kier molecular flexibility index (Phi) is 4.62. The third-order valence-electron chi connectivity index (χ3n) is 2.89. The van der Waals surface area contributed by atoms with Crippen molar-refractivity contribution in [2.45, 2.75) is 45.2 Å². The quantitative estimate of drug-likeness (QED) is 0.641. The van der Waals surface area contributed by atoms with Crippen LogP contribution in [0.15, 0.2) is 0 Å². The predicted molar refractivity (Wildman–Crippen MR) is 61.8 cm³/mol. The molecule has 1 fully saturated rings. The van der Waals surface area contributed by atoms with Gasteiger partial charge in [-0.25, -0.2) is 0 Å². The molecule has 0 aliphatic carbocycles. The lowest BCUT2D eigenvalue weighted by atomic mass is 10.1. The molecule has 6 nitrogen and oxygen atoms in total. The largest absolute Gasteiger partial charge is 0.320 e. The first kappa shape index (κ1) is 13.6. The summed E-state index contributed by atoms with van der Waals surface area (Å²) < 4.78 is 0. The van der Waals surface area contributed by atoms with Crippen molar-refractivity contribution in [1.29, 1.82) is 0 Å². The van der Waals surface area contributed by atoms with E-state index in [1.54, 1.807) is 6.92 Å². The van der Waals surface area contributed by atoms with E-state index in [1.165, 1.54) is 4.90 Å². The van der Waals surface area contributed by atoms with E-state index in [0.29, 0.717) is 6.42 Å². The number of unbranched alkanes of at least 4 members (excludes halogenated alkanes) is 1. The van der Waals surface area contributed by atoms with Crippen LogP contribution < -0.4 is 11.1 Å². The van der Waals surface area contributed by atoms with E-state index >= 15 is 0 Å². The molecule has 96 valence electrons. The molecular formula is C11H19N3O3. The van der Waals surface area contributed by atoms with Gasteiger partial charge >= 0.3 is 0 Å². The fourth-order valence-electron chi connectivity index (χ4n) is 1.74. The number of piperazine rings is 1. The first-order valence-corrected chi connectivity index (χ1v) is 5.87. The summed E-state index contributed by atoms with van der Waals surface area (Å²) in [5, 5.41) is 2.18. The average molecular weight is 241 g/mol. The summed E-state index contributed by atoms with van der Waals surface area (Å²) in [5.74, 6) is -1.23. The topological polar surface area (TPSA) is 92.5 Å². The highest BCUT2D eigenvalue weighted by molar-refractivity contribution is 6.04. The molecule has 1 aliphatic rings. The van der Waals surface area contributed by atoms with Crippen molar-refractivity contribution >= 4 is 17.7 Å². The van der Waals surface area contributed by atoms with Crippen molar-refractivity contribution in [3.63, 3.8) is 0 Å². The standard InChI is InChI=1S/C11H19N3O3/c1-3-4-5-8(12)11(17)14-6-9(15)13-10(16)7(14)2/h7-8H,3-6,12H2,1-2H3,(H,13,15,16). The number of nitrogens with zero attached hydrogens (tertiary/aromatic N) is 1. The van der Waals surface area contributed by atoms with Gasteiger partial charge in [0.2, 0.25) is 17.7 Å². The van der Waals surface area contributed by atoms with E-state index in [2.05, 4.69) is 5.32 Å². The maximum atomic E-state index is 12.0. The lowest BCUT2D eigenvalue weighted by molar-refractivity contribution is -0.150. The third kappa shape index (κ3) is 3.26. The molecule has 1 aliphatic heterocycles. The zero-order valence-electron chi connectivity index (χ0n) is 10.2. The number of nitrogens with two attached hydrogens (primary N) is 1. The lowest BCUT2D eigenvalue weighted by Crippen LogP contribution is -2.61. The minimum atomic E-state index is -0.632. The number of nitrogens with one attached hydrogen (secondary N) is 1. The zero-order valence-corrected chi connectivity index (χ0v) is 10.2. The maximum absolute atomic E-state index is 12.0. The van der Waals surface area contributed by atoms with Gasteiger partial charge in [0, 0.05) is 0 Å². The average Bonchev–Trinajstić information content (AvgIpc) is 2.29. The molecule has 0 radical (unpaired) electrons. The molecule has 0 spiro atoms. The van der Waals surface area contributed by atoms with E-state index in [-0.39, 0.29) is 12.5 Å². The summed E-state index contributed by atoms with van der Waals surface area (Å²) in [6, 6.07) is -1.26. The van der Waals surface area contributed by atoms with Crippen molar-refractivity contribution in [2.75, 3.05) is 6.54 Å². The van der Waals surface area contributed by atoms with Gasteiger partial charge in [-0.2, -0.15) is 0 Å². The van der Waals surface area contributed by atoms with E-state index in [9.17, 15) is 14.4 Å². The van der Waals surface area contributed by atoms with Crippen molar-refractivity contribution in [3.05, 3.63) is 0 Å². The van der Waals surface area contributed by atoms with Crippen molar-refractivity contribution in [3.8, 4) is 0 Å². The second-order valence-corrected chi connectivity index (χ2v) is 4.30. The van der Waals surface area contributed by atoms with Gasteiger partial charge in [0.1, 0.15) is 12.6 Å². The monoisotopic (exact) mass is 241 g/mol. The molecule has 0 saturated carbocycles. The highest BCUT2D eigenvalue weighted by Crippen LogP contribution is 2.09. The van der Waals surface area contributed by atoms with Crippen LogP contribution in [0.25, 0.3) is 0 Å². The molecule has 6 heteroatoms. The Bertz CT molecular complexity index is 330. The Labute approximate surface area is 101 Å². The van der Waals surface area contributed by atoms with Gasteiger partial charge < -0.3 is 10.6 Å². The number of hydrogen-bond acceptors (Lipinski definition) is 4. The third-order valence-corrected chi connectivity index (χ3v) is 2.89. The predicted octanol–water partition coefficient (Wildman–Crippen LogP) is -0.623. The fourth-order valence-corrected chi connectivity index (χ4v) is 1.74. The van der Waals surface area contributed by atoms with Gasteiger partial charge in [-0.3, -0.25) is 19.7 Å². The minimum Gasteiger partial charge on any atom is -0.320 e. The van der Waals surface area contributed by atoms with E-state index in [4.69, 9.17) is 5.73 Å². The molecule has 1 heterocycles. The highest BCUT2D eigenvalue weighted by Gasteiger charge is 2.35. The van der Waals surface area contributed by atoms with E-state index in [1.807, 2.05) is 6.92 Å². The van der Waals surface area contributed by atoms with Crippen molar-refractivity contribution < 1.29 is 14.4 Å². The van der Waals surface area contributed by atoms with E-state index in [0.717, 1.165) is 12.8 Å². The second-order valence-electron chi connectivity index (χ2n) is 4.30. The molecule has 3 amide bonds. The van der Waals surface area contributed by atoms with Gasteiger partial charge in [-0.15, -0.1) is 0 Å². The summed E-state index contributed by atoms with van der Waals surface area (Å²) in [6.07, 6.45) is 2.39. The molecule has 2 atom stereocenters. The Balaban J connectivity index is 2.66. The van der Waals surface area contributed by atoms with Gasteiger partial charge in [-0.1, -0.05) is 19.8 Å². The molecule has 1 saturated heterocycles. The smallest absolute Gasteiger partial charge is 0.249 e. The maximum Gasteiger partial charge on any atom is 0.249 e. The summed E-state index contributed by atoms with van der Waals surface area (Å²) in [6.45, 7) is 3.51. The van der Waals surface area contributed by atoms with Crippen LogP contribution in [-0.4, -0.2) is 41.2 Å². The first-order valence-electron chi connectivity index (χ1n) is 5.87. The Morgan fingerprint density at radius 1 is 1.59 bits per heavy atom. The van der Waals surface area contributed by atoms with Gasteiger partial charge in [0.25, 0.3) is 0 Å². The number of hydrogen-bond donors (Lipinski definition) is 2. The van der Waals surface area contributed by atoms with Crippen molar-refractivity contribution in [2.24, 2.45) is 5.73 Å². The Morgan fingerprint density at radius 2 is 2.24 bits per heavy atom. The Hall–Kier alpha value is -1.43. The molecule has 0 aromatic rings. The van der Waals surface area contributed by atoms with E-state index < -0.39 is 23.9 Å².